The molecule has 25 heavy (non-hydrogen) atoms. The summed E-state index contributed by atoms with van der Waals surface area (Å²) in [6, 6.07) is 17.2. The Balaban J connectivity index is 1.66. The molecule has 0 aliphatic heterocycles. The summed E-state index contributed by atoms with van der Waals surface area (Å²) in [6.45, 7) is 0.147. The van der Waals surface area contributed by atoms with Gasteiger partial charge < -0.3 is 4.74 Å². The first-order valence-electron chi connectivity index (χ1n) is 7.81. The molecule has 3 nitrogen and oxygen atoms in total. The lowest BCUT2D eigenvalue weighted by molar-refractivity contribution is 0.104. The van der Waals surface area contributed by atoms with Gasteiger partial charge in [0.05, 0.1) is 0 Å². The van der Waals surface area contributed by atoms with Crippen molar-refractivity contribution < 1.29 is 13.9 Å². The van der Waals surface area contributed by atoms with Gasteiger partial charge >= 0.3 is 0 Å². The first-order chi connectivity index (χ1) is 12.2. The van der Waals surface area contributed by atoms with Gasteiger partial charge in [-0.2, -0.15) is 0 Å². The van der Waals surface area contributed by atoms with Crippen LogP contribution in [0.15, 0.2) is 79.1 Å². The van der Waals surface area contributed by atoms with E-state index >= 15 is 0 Å². The van der Waals surface area contributed by atoms with E-state index in [1.807, 2.05) is 12.1 Å². The summed E-state index contributed by atoms with van der Waals surface area (Å²) in [6.07, 6.45) is 6.36. The topological polar surface area (TPSA) is 39.2 Å². The third-order valence-electron chi connectivity index (χ3n) is 3.58. The predicted molar refractivity (Wildman–Crippen MR) is 94.8 cm³/mol. The maximum Gasteiger partial charge on any atom is 0.187 e. The average molecular weight is 333 g/mol. The number of ether oxygens (including phenoxy) is 1. The van der Waals surface area contributed by atoms with Crippen LogP contribution in [-0.4, -0.2) is 10.8 Å². The van der Waals surface area contributed by atoms with Crippen LogP contribution in [0.5, 0.6) is 5.75 Å². The number of carbonyl (C=O) groups is 1. The highest BCUT2D eigenvalue weighted by atomic mass is 19.1. The van der Waals surface area contributed by atoms with Gasteiger partial charge in [0.15, 0.2) is 5.78 Å². The lowest BCUT2D eigenvalue weighted by Gasteiger charge is -2.07. The number of nitrogens with zero attached hydrogens (tertiary/aromatic N) is 1. The molecule has 1 aromatic heterocycles. The monoisotopic (exact) mass is 333 g/mol. The van der Waals surface area contributed by atoms with Crippen molar-refractivity contribution in [1.29, 1.82) is 0 Å². The maximum absolute atomic E-state index is 13.6. The van der Waals surface area contributed by atoms with Crippen LogP contribution in [0.2, 0.25) is 0 Å². The van der Waals surface area contributed by atoms with Gasteiger partial charge in [-0.05, 0) is 42.0 Å². The van der Waals surface area contributed by atoms with E-state index in [4.69, 9.17) is 4.74 Å². The van der Waals surface area contributed by atoms with Crippen molar-refractivity contribution in [3.63, 3.8) is 0 Å². The molecule has 0 atom stereocenters. The fourth-order valence-corrected chi connectivity index (χ4v) is 2.26. The predicted octanol–water partition coefficient (Wildman–Crippen LogP) is 4.70. The van der Waals surface area contributed by atoms with Crippen LogP contribution in [0.1, 0.15) is 21.5 Å². The minimum atomic E-state index is -0.291. The molecule has 0 fully saturated rings. The largest absolute Gasteiger partial charge is 0.489 e. The molecule has 0 bridgehead atoms. The Labute approximate surface area is 145 Å². The molecule has 0 saturated heterocycles. The van der Waals surface area contributed by atoms with Crippen LogP contribution in [-0.2, 0) is 6.61 Å². The lowest BCUT2D eigenvalue weighted by Crippen LogP contribution is -1.98. The van der Waals surface area contributed by atoms with Gasteiger partial charge in [-0.3, -0.25) is 9.78 Å². The van der Waals surface area contributed by atoms with Gasteiger partial charge in [0.25, 0.3) is 0 Å². The van der Waals surface area contributed by atoms with Crippen molar-refractivity contribution in [1.82, 2.24) is 4.98 Å². The molecule has 0 spiro atoms. The van der Waals surface area contributed by atoms with Crippen LogP contribution in [0, 0.1) is 5.82 Å². The summed E-state index contributed by atoms with van der Waals surface area (Å²) in [4.78, 5) is 16.0. The van der Waals surface area contributed by atoms with E-state index in [0.29, 0.717) is 16.9 Å². The molecule has 0 aliphatic rings. The first-order valence-corrected chi connectivity index (χ1v) is 7.81. The van der Waals surface area contributed by atoms with Gasteiger partial charge in [-0.1, -0.05) is 36.4 Å². The van der Waals surface area contributed by atoms with E-state index < -0.39 is 0 Å². The molecular weight excluding hydrogens is 317 g/mol. The van der Waals surface area contributed by atoms with Gasteiger partial charge in [-0.25, -0.2) is 4.39 Å². The molecule has 4 heteroatoms. The minimum Gasteiger partial charge on any atom is -0.489 e. The SMILES string of the molecule is O=C(/C=C/c1cccc(OCc2ccccc2F)c1)c1cccnc1. The smallest absolute Gasteiger partial charge is 0.187 e. The average Bonchev–Trinajstić information content (AvgIpc) is 2.66. The first kappa shape index (κ1) is 16.6. The summed E-state index contributed by atoms with van der Waals surface area (Å²) in [7, 11) is 0. The Morgan fingerprint density at radius 3 is 2.76 bits per heavy atom. The van der Waals surface area contributed by atoms with E-state index in [2.05, 4.69) is 4.98 Å². The van der Waals surface area contributed by atoms with Gasteiger partial charge in [0.2, 0.25) is 0 Å². The zero-order valence-corrected chi connectivity index (χ0v) is 13.4. The van der Waals surface area contributed by atoms with Gasteiger partial charge in [0, 0.05) is 23.5 Å². The zero-order valence-electron chi connectivity index (χ0n) is 13.4. The summed E-state index contributed by atoms with van der Waals surface area (Å²) < 4.78 is 19.2. The molecule has 1 heterocycles. The number of aromatic nitrogens is 1. The van der Waals surface area contributed by atoms with Crippen molar-refractivity contribution in [2.75, 3.05) is 0 Å². The summed E-state index contributed by atoms with van der Waals surface area (Å²) in [5, 5.41) is 0. The highest BCUT2D eigenvalue weighted by molar-refractivity contribution is 6.06. The van der Waals surface area contributed by atoms with Crippen LogP contribution < -0.4 is 4.74 Å². The van der Waals surface area contributed by atoms with Crippen LogP contribution in [0.25, 0.3) is 6.08 Å². The highest BCUT2D eigenvalue weighted by Crippen LogP contribution is 2.17. The normalized spacial score (nSPS) is 10.8. The second-order valence-electron chi connectivity index (χ2n) is 5.39. The number of rotatable bonds is 6. The Hall–Kier alpha value is -3.27. The van der Waals surface area contributed by atoms with Crippen molar-refractivity contribution in [3.05, 3.63) is 102 Å². The highest BCUT2D eigenvalue weighted by Gasteiger charge is 2.03. The fraction of sp³-hybridized carbons (Fsp3) is 0.0476. The number of hydrogen-bond donors (Lipinski definition) is 0. The second-order valence-corrected chi connectivity index (χ2v) is 5.39. The van der Waals surface area contributed by atoms with Crippen LogP contribution >= 0.6 is 0 Å². The number of allylic oxidation sites excluding steroid dienone is 1. The van der Waals surface area contributed by atoms with Crippen molar-refractivity contribution >= 4 is 11.9 Å². The Bertz CT molecular complexity index is 891. The Kier molecular flexibility index (Phi) is 5.32. The Morgan fingerprint density at radius 1 is 1.08 bits per heavy atom. The number of ketones is 1. The fourth-order valence-electron chi connectivity index (χ4n) is 2.26. The minimum absolute atomic E-state index is 0.120. The summed E-state index contributed by atoms with van der Waals surface area (Å²) >= 11 is 0. The van der Waals surface area contributed by atoms with E-state index in [0.717, 1.165) is 5.56 Å². The van der Waals surface area contributed by atoms with Gasteiger partial charge in [0.1, 0.15) is 18.2 Å². The number of pyridine rings is 1. The molecule has 0 unspecified atom stereocenters. The molecule has 2 aromatic carbocycles. The van der Waals surface area contributed by atoms with Crippen LogP contribution in [0.3, 0.4) is 0 Å². The third kappa shape index (κ3) is 4.61. The number of benzene rings is 2. The van der Waals surface area contributed by atoms with E-state index in [-0.39, 0.29) is 18.2 Å². The van der Waals surface area contributed by atoms with E-state index in [9.17, 15) is 9.18 Å². The molecule has 0 aliphatic carbocycles. The second kappa shape index (κ2) is 8.02. The molecule has 0 amide bonds. The molecule has 3 rings (SSSR count). The molecule has 0 saturated carbocycles. The molecule has 3 aromatic rings. The molecule has 0 radical (unpaired) electrons. The molecular formula is C21H16FNO2. The van der Waals surface area contributed by atoms with Gasteiger partial charge in [-0.15, -0.1) is 0 Å². The van der Waals surface area contributed by atoms with Crippen molar-refractivity contribution in [2.45, 2.75) is 6.61 Å². The van der Waals surface area contributed by atoms with Crippen molar-refractivity contribution in [3.8, 4) is 5.75 Å². The quantitative estimate of drug-likeness (QED) is 0.485. The molecule has 124 valence electrons. The third-order valence-corrected chi connectivity index (χ3v) is 3.58. The van der Waals surface area contributed by atoms with E-state index in [1.165, 1.54) is 18.3 Å². The number of halogens is 1. The van der Waals surface area contributed by atoms with Crippen molar-refractivity contribution in [2.24, 2.45) is 0 Å². The Morgan fingerprint density at radius 2 is 1.96 bits per heavy atom. The maximum atomic E-state index is 13.6. The lowest BCUT2D eigenvalue weighted by atomic mass is 10.1. The summed E-state index contributed by atoms with van der Waals surface area (Å²) in [5.41, 5.74) is 1.85. The standard InChI is InChI=1S/C21H16FNO2/c22-20-9-2-1-6-18(20)15-25-19-8-3-5-16(13-19)10-11-21(24)17-7-4-12-23-14-17/h1-14H,15H2/b11-10+. The van der Waals surface area contributed by atoms with E-state index in [1.54, 1.807) is 54.7 Å². The van der Waals surface area contributed by atoms with Crippen LogP contribution in [0.4, 0.5) is 4.39 Å². The zero-order chi connectivity index (χ0) is 17.5. The number of carbonyl (C=O) groups excluding carboxylic acids is 1. The number of hydrogen-bond acceptors (Lipinski definition) is 3. The summed E-state index contributed by atoms with van der Waals surface area (Å²) in [5.74, 6) is 0.200. The molecule has 0 N–H and O–H groups in total.